The number of para-hydroxylation sites is 1. The molecule has 1 saturated heterocycles. The number of amides is 1. The molecule has 1 aliphatic heterocycles. The Morgan fingerprint density at radius 3 is 2.50 bits per heavy atom. The maximum absolute atomic E-state index is 12.9. The van der Waals surface area contributed by atoms with Gasteiger partial charge in [0.2, 0.25) is 5.88 Å². The van der Waals surface area contributed by atoms with Gasteiger partial charge in [0.1, 0.15) is 30.1 Å². The number of likely N-dealkylation sites (tertiary alicyclic amines) is 1. The Balaban J connectivity index is 1.67. The van der Waals surface area contributed by atoms with Gasteiger partial charge < -0.3 is 18.9 Å². The minimum absolute atomic E-state index is 0.150. The standard InChI is InChI=1S/C30H34N2O6/c1-6-12-23-26(36-19-20-13-8-7-9-14-20)22-15-10-11-16-24(22)31-27(23)37-21-17-25(28(33)35-5)32(18-21)29(34)38-30(2,3)4/h6-11,13-16,21,25H,1,12,17-19H2,2-5H3/t21-,25+/m1/s1. The van der Waals surface area contributed by atoms with E-state index < -0.39 is 29.8 Å². The van der Waals surface area contributed by atoms with Crippen LogP contribution in [0.5, 0.6) is 11.6 Å². The maximum atomic E-state index is 12.9. The van der Waals surface area contributed by atoms with Crippen LogP contribution in [0.1, 0.15) is 38.3 Å². The molecular formula is C30H34N2O6. The van der Waals surface area contributed by atoms with Crippen LogP contribution in [-0.2, 0) is 27.3 Å². The van der Waals surface area contributed by atoms with E-state index in [4.69, 9.17) is 23.9 Å². The van der Waals surface area contributed by atoms with Gasteiger partial charge in [0, 0.05) is 11.8 Å². The molecule has 0 unspecified atom stereocenters. The van der Waals surface area contributed by atoms with E-state index in [1.807, 2.05) is 54.6 Å². The van der Waals surface area contributed by atoms with Gasteiger partial charge in [-0.15, -0.1) is 6.58 Å². The van der Waals surface area contributed by atoms with Gasteiger partial charge in [-0.2, -0.15) is 0 Å². The fourth-order valence-corrected chi connectivity index (χ4v) is 4.44. The second kappa shape index (κ2) is 11.5. The molecule has 1 aromatic heterocycles. The Morgan fingerprint density at radius 2 is 1.82 bits per heavy atom. The lowest BCUT2D eigenvalue weighted by Crippen LogP contribution is -2.44. The number of carbonyl (C=O) groups is 2. The van der Waals surface area contributed by atoms with E-state index in [2.05, 4.69) is 6.58 Å². The molecule has 8 heteroatoms. The normalized spacial score (nSPS) is 17.2. The first kappa shape index (κ1) is 27.0. The molecule has 2 aromatic carbocycles. The summed E-state index contributed by atoms with van der Waals surface area (Å²) in [5.74, 6) is 0.527. The number of pyridine rings is 1. The van der Waals surface area contributed by atoms with Crippen molar-refractivity contribution in [3.63, 3.8) is 0 Å². The number of methoxy groups -OCH3 is 1. The average molecular weight is 519 g/mol. The van der Waals surface area contributed by atoms with Crippen molar-refractivity contribution in [3.8, 4) is 11.6 Å². The Bertz CT molecular complexity index is 1300. The molecule has 2 atom stereocenters. The highest BCUT2D eigenvalue weighted by molar-refractivity contribution is 5.87. The Hall–Kier alpha value is -4.07. The van der Waals surface area contributed by atoms with Crippen LogP contribution in [0, 0.1) is 0 Å². The predicted molar refractivity (Wildman–Crippen MR) is 144 cm³/mol. The SMILES string of the molecule is C=CCc1c(O[C@@H]2C[C@@H](C(=O)OC)N(C(=O)OC(C)(C)C)C2)nc2ccccc2c1OCc1ccccc1. The molecule has 200 valence electrons. The zero-order chi connectivity index (χ0) is 27.3. The molecule has 0 spiro atoms. The molecule has 3 aromatic rings. The summed E-state index contributed by atoms with van der Waals surface area (Å²) in [4.78, 5) is 31.6. The first-order valence-electron chi connectivity index (χ1n) is 12.6. The predicted octanol–water partition coefficient (Wildman–Crippen LogP) is 5.47. The second-order valence-electron chi connectivity index (χ2n) is 10.2. The number of aromatic nitrogens is 1. The van der Waals surface area contributed by atoms with Crippen LogP contribution >= 0.6 is 0 Å². The largest absolute Gasteiger partial charge is 0.488 e. The molecule has 1 amide bonds. The van der Waals surface area contributed by atoms with Crippen molar-refractivity contribution in [1.29, 1.82) is 0 Å². The highest BCUT2D eigenvalue weighted by Crippen LogP contribution is 2.37. The van der Waals surface area contributed by atoms with Crippen molar-refractivity contribution < 1.29 is 28.5 Å². The summed E-state index contributed by atoms with van der Waals surface area (Å²) in [6.45, 7) is 9.77. The second-order valence-corrected chi connectivity index (χ2v) is 10.2. The summed E-state index contributed by atoms with van der Waals surface area (Å²) >= 11 is 0. The average Bonchev–Trinajstić information content (AvgIpc) is 3.32. The topological polar surface area (TPSA) is 87.2 Å². The van der Waals surface area contributed by atoms with E-state index in [1.54, 1.807) is 26.8 Å². The van der Waals surface area contributed by atoms with Crippen LogP contribution in [0.25, 0.3) is 10.9 Å². The first-order valence-corrected chi connectivity index (χ1v) is 12.6. The van der Waals surface area contributed by atoms with Crippen molar-refractivity contribution in [3.05, 3.63) is 78.4 Å². The highest BCUT2D eigenvalue weighted by atomic mass is 16.6. The zero-order valence-electron chi connectivity index (χ0n) is 22.3. The molecule has 1 aliphatic rings. The van der Waals surface area contributed by atoms with Crippen LogP contribution in [0.3, 0.4) is 0 Å². The monoisotopic (exact) mass is 518 g/mol. The number of esters is 1. The van der Waals surface area contributed by atoms with E-state index in [0.29, 0.717) is 30.2 Å². The van der Waals surface area contributed by atoms with Crippen molar-refractivity contribution >= 4 is 23.0 Å². The van der Waals surface area contributed by atoms with Crippen LogP contribution in [0.15, 0.2) is 67.3 Å². The third kappa shape index (κ3) is 6.25. The van der Waals surface area contributed by atoms with Crippen molar-refractivity contribution in [2.24, 2.45) is 0 Å². The number of fused-ring (bicyclic) bond motifs is 1. The number of hydrogen-bond acceptors (Lipinski definition) is 7. The molecule has 0 aliphatic carbocycles. The summed E-state index contributed by atoms with van der Waals surface area (Å²) in [5.41, 5.74) is 1.79. The van der Waals surface area contributed by atoms with Gasteiger partial charge in [0.25, 0.3) is 0 Å². The number of benzene rings is 2. The van der Waals surface area contributed by atoms with E-state index in [-0.39, 0.29) is 13.0 Å². The van der Waals surface area contributed by atoms with Gasteiger partial charge in [-0.1, -0.05) is 48.5 Å². The Labute approximate surface area is 223 Å². The van der Waals surface area contributed by atoms with Gasteiger partial charge in [-0.25, -0.2) is 14.6 Å². The number of rotatable bonds is 8. The Kier molecular flexibility index (Phi) is 8.20. The fourth-order valence-electron chi connectivity index (χ4n) is 4.44. The molecule has 2 heterocycles. The molecule has 8 nitrogen and oxygen atoms in total. The van der Waals surface area contributed by atoms with Crippen molar-refractivity contribution in [1.82, 2.24) is 9.88 Å². The van der Waals surface area contributed by atoms with Crippen LogP contribution < -0.4 is 9.47 Å². The van der Waals surface area contributed by atoms with Crippen LogP contribution in [-0.4, -0.2) is 53.3 Å². The molecule has 38 heavy (non-hydrogen) atoms. The van der Waals surface area contributed by atoms with Crippen LogP contribution in [0.4, 0.5) is 4.79 Å². The summed E-state index contributed by atoms with van der Waals surface area (Å²) in [6.07, 6.45) is 1.37. The smallest absolute Gasteiger partial charge is 0.411 e. The number of nitrogens with zero attached hydrogens (tertiary/aromatic N) is 2. The van der Waals surface area contributed by atoms with Gasteiger partial charge in [-0.05, 0) is 44.9 Å². The number of carbonyl (C=O) groups excluding carboxylic acids is 2. The molecule has 0 saturated carbocycles. The minimum atomic E-state index is -0.822. The van der Waals surface area contributed by atoms with Crippen molar-refractivity contribution in [2.45, 2.75) is 58.0 Å². The van der Waals surface area contributed by atoms with Gasteiger partial charge in [-0.3, -0.25) is 4.90 Å². The van der Waals surface area contributed by atoms with Gasteiger partial charge in [0.05, 0.1) is 24.7 Å². The summed E-state index contributed by atoms with van der Waals surface area (Å²) in [6, 6.07) is 16.8. The molecule has 0 bridgehead atoms. The summed E-state index contributed by atoms with van der Waals surface area (Å²) < 4.78 is 23.3. The van der Waals surface area contributed by atoms with E-state index in [9.17, 15) is 9.59 Å². The third-order valence-electron chi connectivity index (χ3n) is 6.12. The molecule has 4 rings (SSSR count). The number of allylic oxidation sites excluding steroid dienone is 1. The first-order chi connectivity index (χ1) is 18.2. The molecule has 0 radical (unpaired) electrons. The summed E-state index contributed by atoms with van der Waals surface area (Å²) in [7, 11) is 1.30. The van der Waals surface area contributed by atoms with Gasteiger partial charge >= 0.3 is 12.1 Å². The van der Waals surface area contributed by atoms with Crippen molar-refractivity contribution in [2.75, 3.05) is 13.7 Å². The van der Waals surface area contributed by atoms with E-state index in [1.165, 1.54) is 12.0 Å². The van der Waals surface area contributed by atoms with E-state index in [0.717, 1.165) is 16.5 Å². The highest BCUT2D eigenvalue weighted by Gasteiger charge is 2.43. The third-order valence-corrected chi connectivity index (χ3v) is 6.12. The lowest BCUT2D eigenvalue weighted by Gasteiger charge is -2.27. The lowest BCUT2D eigenvalue weighted by molar-refractivity contribution is -0.145. The number of hydrogen-bond donors (Lipinski definition) is 0. The molecule has 1 fully saturated rings. The number of ether oxygens (including phenoxy) is 4. The minimum Gasteiger partial charge on any atom is -0.488 e. The molecule has 0 N–H and O–H groups in total. The summed E-state index contributed by atoms with van der Waals surface area (Å²) in [5, 5.41) is 0.863. The van der Waals surface area contributed by atoms with Crippen LogP contribution in [0.2, 0.25) is 0 Å². The fraction of sp³-hybridized carbons (Fsp3) is 0.367. The maximum Gasteiger partial charge on any atom is 0.411 e. The molecular weight excluding hydrogens is 484 g/mol. The van der Waals surface area contributed by atoms with Gasteiger partial charge in [0.15, 0.2) is 0 Å². The lowest BCUT2D eigenvalue weighted by atomic mass is 10.1. The Morgan fingerprint density at radius 1 is 1.11 bits per heavy atom. The zero-order valence-corrected chi connectivity index (χ0v) is 22.3. The quantitative estimate of drug-likeness (QED) is 0.289. The van der Waals surface area contributed by atoms with E-state index >= 15 is 0 Å².